The van der Waals surface area contributed by atoms with Crippen LogP contribution in [0.25, 0.3) is 20.9 Å². The van der Waals surface area contributed by atoms with E-state index in [0.717, 1.165) is 15.9 Å². The number of pyridine rings is 1. The van der Waals surface area contributed by atoms with Crippen LogP contribution in [0.4, 0.5) is 0 Å². The molecule has 0 fully saturated rings. The molecule has 0 saturated heterocycles. The third-order valence-electron chi connectivity index (χ3n) is 3.63. The number of carbonyl (C=O) groups excluding carboxylic acids is 1. The van der Waals surface area contributed by atoms with Crippen LogP contribution in [0.1, 0.15) is 10.4 Å². The van der Waals surface area contributed by atoms with E-state index in [1.807, 2.05) is 0 Å². The Balaban J connectivity index is 2.19. The van der Waals surface area contributed by atoms with E-state index in [0.29, 0.717) is 15.6 Å². The molecule has 10 heteroatoms. The Kier molecular flexibility index (Phi) is 4.66. The minimum absolute atomic E-state index is 0.196. The maximum Gasteiger partial charge on any atom is 0.322 e. The number of carboxylic acid groups (broad SMARTS) is 1. The monoisotopic (exact) mass is 393 g/mol. The minimum Gasteiger partial charge on any atom is -0.505 e. The lowest BCUT2D eigenvalue weighted by molar-refractivity contribution is -0.135. The fourth-order valence-corrected chi connectivity index (χ4v) is 3.74. The van der Waals surface area contributed by atoms with Gasteiger partial charge in [0, 0.05) is 12.6 Å². The molecule has 0 atom stereocenters. The van der Waals surface area contributed by atoms with Crippen molar-refractivity contribution < 1.29 is 19.8 Å². The number of rotatable bonds is 4. The Morgan fingerprint density at radius 1 is 1.35 bits per heavy atom. The summed E-state index contributed by atoms with van der Waals surface area (Å²) < 4.78 is 1.35. The van der Waals surface area contributed by atoms with E-state index in [-0.39, 0.29) is 10.3 Å². The number of amides is 1. The van der Waals surface area contributed by atoms with Gasteiger partial charge in [0.25, 0.3) is 11.5 Å². The number of nitrogens with zero attached hydrogens (tertiary/aromatic N) is 2. The number of fused-ring (bicyclic) bond motifs is 1. The first-order valence-corrected chi connectivity index (χ1v) is 8.48. The highest BCUT2D eigenvalue weighted by Gasteiger charge is 2.24. The maximum absolute atomic E-state index is 12.4. The lowest BCUT2D eigenvalue weighted by atomic mass is 10.2. The summed E-state index contributed by atoms with van der Waals surface area (Å²) >= 11 is 7.23. The first-order chi connectivity index (χ1) is 12.3. The number of benzene rings is 1. The molecule has 0 bridgehead atoms. The van der Waals surface area contributed by atoms with Crippen LogP contribution in [0.5, 0.6) is 5.75 Å². The summed E-state index contributed by atoms with van der Waals surface area (Å²) in [6.07, 6.45) is 0. The fourth-order valence-electron chi connectivity index (χ4n) is 2.37. The predicted molar refractivity (Wildman–Crippen MR) is 96.9 cm³/mol. The Morgan fingerprint density at radius 2 is 2.04 bits per heavy atom. The number of carbonyl (C=O) groups is 2. The molecule has 3 rings (SSSR count). The average molecular weight is 394 g/mol. The van der Waals surface area contributed by atoms with Crippen LogP contribution in [0, 0.1) is 0 Å². The molecule has 0 spiro atoms. The minimum atomic E-state index is -1.27. The Morgan fingerprint density at radius 3 is 2.69 bits per heavy atom. The van der Waals surface area contributed by atoms with Crippen molar-refractivity contribution in [3.8, 4) is 16.3 Å². The summed E-state index contributed by atoms with van der Waals surface area (Å²) in [5.41, 5.74) is -0.495. The first-order valence-electron chi connectivity index (χ1n) is 7.28. The molecule has 134 valence electrons. The van der Waals surface area contributed by atoms with Gasteiger partial charge in [-0.1, -0.05) is 29.8 Å². The van der Waals surface area contributed by atoms with Crippen molar-refractivity contribution >= 4 is 45.2 Å². The number of hydrogen-bond acceptors (Lipinski definition) is 6. The summed E-state index contributed by atoms with van der Waals surface area (Å²) in [4.78, 5) is 39.5. The van der Waals surface area contributed by atoms with Crippen LogP contribution >= 0.6 is 22.9 Å². The lowest BCUT2D eigenvalue weighted by Crippen LogP contribution is -2.35. The smallest absolute Gasteiger partial charge is 0.322 e. The molecule has 1 aromatic carbocycles. The van der Waals surface area contributed by atoms with Crippen molar-refractivity contribution in [2.45, 2.75) is 0 Å². The normalized spacial score (nSPS) is 10.8. The molecule has 0 unspecified atom stereocenters. The Labute approximate surface area is 155 Å². The highest BCUT2D eigenvalue weighted by molar-refractivity contribution is 7.22. The van der Waals surface area contributed by atoms with E-state index >= 15 is 0 Å². The summed E-state index contributed by atoms with van der Waals surface area (Å²) in [7, 11) is 1.41. The largest absolute Gasteiger partial charge is 0.505 e. The number of thiazole rings is 1. The molecular formula is C16H12ClN3O5S. The van der Waals surface area contributed by atoms with Gasteiger partial charge in [-0.3, -0.25) is 19.0 Å². The first kappa shape index (κ1) is 17.9. The number of aliphatic carboxylic acids is 1. The van der Waals surface area contributed by atoms with Gasteiger partial charge in [-0.2, -0.15) is 0 Å². The molecular weight excluding hydrogens is 382 g/mol. The zero-order chi connectivity index (χ0) is 19.0. The van der Waals surface area contributed by atoms with Crippen LogP contribution in [-0.4, -0.2) is 38.2 Å². The van der Waals surface area contributed by atoms with Crippen molar-refractivity contribution in [2.24, 2.45) is 7.05 Å². The second-order valence-corrected chi connectivity index (χ2v) is 6.72. The standard InChI is InChI=1S/C16H12ClN3O5S/c1-20-13-12(26-15(19-13)7-4-2-3-5-8(7)17)11(23)10(16(20)25)14(24)18-6-9(21)22/h2-5,23H,6H2,1H3,(H,18,24)(H,21,22). The van der Waals surface area contributed by atoms with Crippen molar-refractivity contribution in [2.75, 3.05) is 6.54 Å². The lowest BCUT2D eigenvalue weighted by Gasteiger charge is -2.07. The van der Waals surface area contributed by atoms with Crippen molar-refractivity contribution in [3.63, 3.8) is 0 Å². The van der Waals surface area contributed by atoms with Crippen LogP contribution in [0.3, 0.4) is 0 Å². The molecule has 0 radical (unpaired) electrons. The number of aromatic nitrogens is 2. The van der Waals surface area contributed by atoms with Gasteiger partial charge in [-0.15, -0.1) is 11.3 Å². The molecule has 1 amide bonds. The zero-order valence-corrected chi connectivity index (χ0v) is 14.9. The molecule has 0 saturated carbocycles. The SMILES string of the molecule is Cn1c(=O)c(C(=O)NCC(=O)O)c(O)c2sc(-c3ccccc3Cl)nc21. The number of hydrogen-bond donors (Lipinski definition) is 3. The van der Waals surface area contributed by atoms with E-state index in [1.54, 1.807) is 24.3 Å². The predicted octanol–water partition coefficient (Wildman–Crippen LogP) is 1.84. The highest BCUT2D eigenvalue weighted by Crippen LogP contribution is 2.38. The molecule has 26 heavy (non-hydrogen) atoms. The highest BCUT2D eigenvalue weighted by atomic mass is 35.5. The van der Waals surface area contributed by atoms with Gasteiger partial charge in [0.15, 0.2) is 11.4 Å². The number of aryl methyl sites for hydroxylation is 1. The van der Waals surface area contributed by atoms with Gasteiger partial charge in [-0.25, -0.2) is 4.98 Å². The molecule has 0 aliphatic heterocycles. The average Bonchev–Trinajstić information content (AvgIpc) is 3.04. The number of nitrogens with one attached hydrogen (secondary N) is 1. The van der Waals surface area contributed by atoms with Gasteiger partial charge in [0.2, 0.25) is 0 Å². The summed E-state index contributed by atoms with van der Waals surface area (Å²) in [5.74, 6) is -2.78. The Bertz CT molecular complexity index is 1110. The summed E-state index contributed by atoms with van der Waals surface area (Å²) in [5, 5.41) is 22.1. The third kappa shape index (κ3) is 3.02. The molecule has 3 aromatic rings. The fraction of sp³-hybridized carbons (Fsp3) is 0.125. The van der Waals surface area contributed by atoms with Gasteiger partial charge in [0.1, 0.15) is 21.8 Å². The Hall–Kier alpha value is -2.91. The molecule has 3 N–H and O–H groups in total. The van der Waals surface area contributed by atoms with E-state index in [9.17, 15) is 19.5 Å². The van der Waals surface area contributed by atoms with Gasteiger partial charge < -0.3 is 15.5 Å². The molecule has 0 aliphatic carbocycles. The molecule has 8 nitrogen and oxygen atoms in total. The van der Waals surface area contributed by atoms with Gasteiger partial charge in [-0.05, 0) is 6.07 Å². The molecule has 2 aromatic heterocycles. The van der Waals surface area contributed by atoms with E-state index in [4.69, 9.17) is 16.7 Å². The van der Waals surface area contributed by atoms with Crippen LogP contribution in [0.2, 0.25) is 5.02 Å². The van der Waals surface area contributed by atoms with Crippen LogP contribution in [0.15, 0.2) is 29.1 Å². The summed E-state index contributed by atoms with van der Waals surface area (Å²) in [6.45, 7) is -0.674. The van der Waals surface area contributed by atoms with Crippen LogP contribution in [-0.2, 0) is 11.8 Å². The van der Waals surface area contributed by atoms with Crippen molar-refractivity contribution in [1.29, 1.82) is 0 Å². The third-order valence-corrected chi connectivity index (χ3v) is 5.04. The zero-order valence-electron chi connectivity index (χ0n) is 13.3. The molecule has 0 aliphatic rings. The number of halogens is 1. The number of carboxylic acids is 1. The maximum atomic E-state index is 12.4. The second kappa shape index (κ2) is 6.77. The quantitative estimate of drug-likeness (QED) is 0.621. The second-order valence-electron chi connectivity index (χ2n) is 5.32. The van der Waals surface area contributed by atoms with Crippen LogP contribution < -0.4 is 10.9 Å². The van der Waals surface area contributed by atoms with Gasteiger partial charge >= 0.3 is 5.97 Å². The molecule has 2 heterocycles. The van der Waals surface area contributed by atoms with Crippen molar-refractivity contribution in [3.05, 3.63) is 45.2 Å². The topological polar surface area (TPSA) is 122 Å². The number of aromatic hydroxyl groups is 1. The summed E-state index contributed by atoms with van der Waals surface area (Å²) in [6, 6.07) is 6.97. The van der Waals surface area contributed by atoms with Gasteiger partial charge in [0.05, 0.1) is 5.02 Å². The van der Waals surface area contributed by atoms with E-state index in [2.05, 4.69) is 10.3 Å². The van der Waals surface area contributed by atoms with E-state index in [1.165, 1.54) is 7.05 Å². The van der Waals surface area contributed by atoms with E-state index < -0.39 is 35.3 Å². The van der Waals surface area contributed by atoms with Crippen molar-refractivity contribution in [1.82, 2.24) is 14.9 Å².